The molecule has 1 aliphatic carbocycles. The number of amides is 2. The van der Waals surface area contributed by atoms with Gasteiger partial charge < -0.3 is 15.4 Å². The Morgan fingerprint density at radius 1 is 1.03 bits per heavy atom. The van der Waals surface area contributed by atoms with E-state index in [1.807, 2.05) is 12.1 Å². The first kappa shape index (κ1) is 21.0. The standard InChI is InChI=1S/C25H22N4O3S/c1-32-20-10-8-18(9-11-20)27-23(30)15-29-14-19(13-26-29)28-25(31)22-12-17-7-6-16-4-2-3-5-21(16)24(17)33-22/h2-5,8-14H,6-7,15H2,1H3,(H,27,30)(H,28,31). The van der Waals surface area contributed by atoms with E-state index >= 15 is 0 Å². The topological polar surface area (TPSA) is 85.2 Å². The molecule has 33 heavy (non-hydrogen) atoms. The zero-order chi connectivity index (χ0) is 22.8. The number of rotatable bonds is 6. The lowest BCUT2D eigenvalue weighted by molar-refractivity contribution is -0.116. The van der Waals surface area contributed by atoms with E-state index in [0.717, 1.165) is 18.6 Å². The number of thiophene rings is 1. The fraction of sp³-hybridized carbons (Fsp3) is 0.160. The van der Waals surface area contributed by atoms with Gasteiger partial charge in [0.15, 0.2) is 0 Å². The molecule has 7 nitrogen and oxygen atoms in total. The summed E-state index contributed by atoms with van der Waals surface area (Å²) in [6.07, 6.45) is 5.12. The van der Waals surface area contributed by atoms with Gasteiger partial charge in [0.05, 0.1) is 23.9 Å². The molecule has 2 aromatic carbocycles. The average Bonchev–Trinajstić information content (AvgIpc) is 3.46. The minimum Gasteiger partial charge on any atom is -0.497 e. The molecule has 0 saturated heterocycles. The largest absolute Gasteiger partial charge is 0.497 e. The van der Waals surface area contributed by atoms with Gasteiger partial charge in [0.2, 0.25) is 5.91 Å². The number of benzene rings is 2. The first-order valence-corrected chi connectivity index (χ1v) is 11.4. The lowest BCUT2D eigenvalue weighted by Gasteiger charge is -2.15. The molecule has 8 heteroatoms. The van der Waals surface area contributed by atoms with Crippen LogP contribution in [0, 0.1) is 0 Å². The van der Waals surface area contributed by atoms with E-state index in [4.69, 9.17) is 4.74 Å². The Morgan fingerprint density at radius 3 is 2.64 bits per heavy atom. The third kappa shape index (κ3) is 4.51. The highest BCUT2D eigenvalue weighted by Crippen LogP contribution is 2.39. The van der Waals surface area contributed by atoms with Crippen LogP contribution in [-0.4, -0.2) is 28.7 Å². The predicted molar refractivity (Wildman–Crippen MR) is 129 cm³/mol. The molecule has 5 rings (SSSR count). The molecule has 166 valence electrons. The number of ether oxygens (including phenoxy) is 1. The number of aryl methyl sites for hydroxylation is 2. The van der Waals surface area contributed by atoms with Gasteiger partial charge in [-0.15, -0.1) is 11.3 Å². The quantitative estimate of drug-likeness (QED) is 0.442. The van der Waals surface area contributed by atoms with Gasteiger partial charge in [-0.3, -0.25) is 14.3 Å². The number of nitrogens with one attached hydrogen (secondary N) is 2. The summed E-state index contributed by atoms with van der Waals surface area (Å²) in [6.45, 7) is 0.0337. The van der Waals surface area contributed by atoms with Crippen LogP contribution in [0.15, 0.2) is 67.0 Å². The summed E-state index contributed by atoms with van der Waals surface area (Å²) >= 11 is 1.51. The number of methoxy groups -OCH3 is 1. The smallest absolute Gasteiger partial charge is 0.265 e. The van der Waals surface area contributed by atoms with Gasteiger partial charge in [0.1, 0.15) is 12.3 Å². The molecule has 4 aromatic rings. The summed E-state index contributed by atoms with van der Waals surface area (Å²) in [5, 5.41) is 9.89. The summed E-state index contributed by atoms with van der Waals surface area (Å²) in [5.41, 5.74) is 4.98. The molecular weight excluding hydrogens is 436 g/mol. The lowest BCUT2D eigenvalue weighted by Crippen LogP contribution is -2.19. The average molecular weight is 459 g/mol. The van der Waals surface area contributed by atoms with Crippen molar-refractivity contribution >= 4 is 34.5 Å². The zero-order valence-electron chi connectivity index (χ0n) is 18.0. The Kier molecular flexibility index (Phi) is 5.66. The van der Waals surface area contributed by atoms with Crippen LogP contribution in [0.3, 0.4) is 0 Å². The van der Waals surface area contributed by atoms with Gasteiger partial charge in [0.25, 0.3) is 5.91 Å². The van der Waals surface area contributed by atoms with Crippen molar-refractivity contribution in [3.05, 3.63) is 83.0 Å². The van der Waals surface area contributed by atoms with Gasteiger partial charge in [-0.2, -0.15) is 5.10 Å². The summed E-state index contributed by atoms with van der Waals surface area (Å²) in [5.74, 6) is 0.330. The van der Waals surface area contributed by atoms with Gasteiger partial charge >= 0.3 is 0 Å². The van der Waals surface area contributed by atoms with Gasteiger partial charge in [-0.25, -0.2) is 0 Å². The Hall–Kier alpha value is -3.91. The Bertz CT molecular complexity index is 1320. The highest BCUT2D eigenvalue weighted by atomic mass is 32.1. The van der Waals surface area contributed by atoms with Crippen LogP contribution in [0.4, 0.5) is 11.4 Å². The Labute approximate surface area is 195 Å². The molecule has 2 aromatic heterocycles. The van der Waals surface area contributed by atoms with Crippen molar-refractivity contribution in [2.24, 2.45) is 0 Å². The van der Waals surface area contributed by atoms with E-state index in [1.165, 1.54) is 37.6 Å². The summed E-state index contributed by atoms with van der Waals surface area (Å²) in [6, 6.07) is 17.4. The molecule has 0 spiro atoms. The number of hydrogen-bond donors (Lipinski definition) is 2. The number of anilines is 2. The Morgan fingerprint density at radius 2 is 1.82 bits per heavy atom. The molecule has 2 amide bonds. The maximum atomic E-state index is 12.8. The van der Waals surface area contributed by atoms with E-state index in [2.05, 4.69) is 33.9 Å². The van der Waals surface area contributed by atoms with Crippen molar-refractivity contribution in [3.63, 3.8) is 0 Å². The molecule has 0 atom stereocenters. The summed E-state index contributed by atoms with van der Waals surface area (Å²) in [7, 11) is 1.59. The summed E-state index contributed by atoms with van der Waals surface area (Å²) in [4.78, 5) is 27.0. The second-order valence-electron chi connectivity index (χ2n) is 7.78. The number of fused-ring (bicyclic) bond motifs is 3. The van der Waals surface area contributed by atoms with E-state index in [9.17, 15) is 9.59 Å². The van der Waals surface area contributed by atoms with Crippen LogP contribution in [0.2, 0.25) is 0 Å². The molecule has 0 aliphatic heterocycles. The molecule has 0 fully saturated rings. The molecule has 0 radical (unpaired) electrons. The SMILES string of the molecule is COc1ccc(NC(=O)Cn2cc(NC(=O)c3cc4c(s3)-c3ccccc3CC4)cn2)cc1. The monoisotopic (exact) mass is 458 g/mol. The second-order valence-corrected chi connectivity index (χ2v) is 8.83. The number of carbonyl (C=O) groups excluding carboxylic acids is 2. The van der Waals surface area contributed by atoms with Crippen LogP contribution in [0.1, 0.15) is 20.8 Å². The predicted octanol–water partition coefficient (Wildman–Crippen LogP) is 4.61. The van der Waals surface area contributed by atoms with Crippen molar-refractivity contribution in [1.82, 2.24) is 9.78 Å². The van der Waals surface area contributed by atoms with Gasteiger partial charge in [0, 0.05) is 16.8 Å². The molecule has 1 aliphatic rings. The van der Waals surface area contributed by atoms with Crippen molar-refractivity contribution in [2.45, 2.75) is 19.4 Å². The van der Waals surface area contributed by atoms with Crippen LogP contribution in [0.5, 0.6) is 5.75 Å². The van der Waals surface area contributed by atoms with E-state index in [0.29, 0.717) is 16.3 Å². The van der Waals surface area contributed by atoms with Crippen molar-refractivity contribution in [2.75, 3.05) is 17.7 Å². The third-order valence-electron chi connectivity index (χ3n) is 5.53. The summed E-state index contributed by atoms with van der Waals surface area (Å²) < 4.78 is 6.61. The van der Waals surface area contributed by atoms with Gasteiger partial charge in [-0.05, 0) is 59.9 Å². The molecule has 0 saturated carbocycles. The van der Waals surface area contributed by atoms with E-state index in [-0.39, 0.29) is 18.4 Å². The first-order chi connectivity index (χ1) is 16.1. The van der Waals surface area contributed by atoms with Crippen LogP contribution >= 0.6 is 11.3 Å². The van der Waals surface area contributed by atoms with Crippen LogP contribution in [-0.2, 0) is 24.2 Å². The number of nitrogens with zero attached hydrogens (tertiary/aromatic N) is 2. The minimum absolute atomic E-state index is 0.0337. The number of aromatic nitrogens is 2. The molecular formula is C25H22N4O3S. The molecule has 2 N–H and O–H groups in total. The van der Waals surface area contributed by atoms with E-state index < -0.39 is 0 Å². The highest BCUT2D eigenvalue weighted by Gasteiger charge is 2.21. The van der Waals surface area contributed by atoms with Crippen LogP contribution in [0.25, 0.3) is 10.4 Å². The molecule has 0 bridgehead atoms. The number of carbonyl (C=O) groups is 2. The zero-order valence-corrected chi connectivity index (χ0v) is 18.8. The molecule has 2 heterocycles. The Balaban J connectivity index is 1.22. The normalized spacial score (nSPS) is 11.9. The minimum atomic E-state index is -0.217. The fourth-order valence-electron chi connectivity index (χ4n) is 3.91. The third-order valence-corrected chi connectivity index (χ3v) is 6.74. The molecule has 0 unspecified atom stereocenters. The maximum Gasteiger partial charge on any atom is 0.265 e. The number of hydrogen-bond acceptors (Lipinski definition) is 5. The maximum absolute atomic E-state index is 12.8. The highest BCUT2D eigenvalue weighted by molar-refractivity contribution is 7.17. The van der Waals surface area contributed by atoms with Crippen molar-refractivity contribution in [3.8, 4) is 16.2 Å². The van der Waals surface area contributed by atoms with Crippen molar-refractivity contribution in [1.29, 1.82) is 0 Å². The fourth-order valence-corrected chi connectivity index (χ4v) is 5.08. The van der Waals surface area contributed by atoms with Gasteiger partial charge in [-0.1, -0.05) is 24.3 Å². The first-order valence-electron chi connectivity index (χ1n) is 10.6. The van der Waals surface area contributed by atoms with E-state index in [1.54, 1.807) is 43.8 Å². The lowest BCUT2D eigenvalue weighted by atomic mass is 9.91. The van der Waals surface area contributed by atoms with Crippen molar-refractivity contribution < 1.29 is 14.3 Å². The second kappa shape index (κ2) is 8.91. The van der Waals surface area contributed by atoms with Crippen LogP contribution < -0.4 is 15.4 Å².